The van der Waals surface area contributed by atoms with Crippen molar-refractivity contribution in [2.24, 2.45) is 0 Å². The molecule has 0 heterocycles. The van der Waals surface area contributed by atoms with Gasteiger partial charge in [0.15, 0.2) is 11.5 Å². The first-order chi connectivity index (χ1) is 15.7. The van der Waals surface area contributed by atoms with Crippen molar-refractivity contribution >= 4 is 17.8 Å². The normalized spacial score (nSPS) is 13.5. The number of carboxylic acids is 2. The standard InChI is InChI=1S/C24H30N2O7/c1-15(8-9-17-10-11-20(27)21(13-17)33-2)25-18(14-22(28)29)23(30)26-19(24(31)32)12-16-6-4-3-5-7-16/h3-7,10-11,13,15,18-19,25,27H,8-9,12,14H2,1-2H3,(H,26,30)(H,28,29)(H,31,32)/t15?,18-,19-/m0/s1. The van der Waals surface area contributed by atoms with E-state index in [1.165, 1.54) is 13.2 Å². The summed E-state index contributed by atoms with van der Waals surface area (Å²) >= 11 is 0. The fourth-order valence-corrected chi connectivity index (χ4v) is 3.41. The topological polar surface area (TPSA) is 145 Å². The van der Waals surface area contributed by atoms with Crippen molar-refractivity contribution < 1.29 is 34.4 Å². The second-order valence-electron chi connectivity index (χ2n) is 7.85. The van der Waals surface area contributed by atoms with Gasteiger partial charge in [-0.1, -0.05) is 36.4 Å². The summed E-state index contributed by atoms with van der Waals surface area (Å²) in [5.41, 5.74) is 1.65. The highest BCUT2D eigenvalue weighted by Gasteiger charge is 2.28. The minimum absolute atomic E-state index is 0.0362. The lowest BCUT2D eigenvalue weighted by Gasteiger charge is -2.24. The third-order valence-corrected chi connectivity index (χ3v) is 5.19. The van der Waals surface area contributed by atoms with Crippen LogP contribution >= 0.6 is 0 Å². The van der Waals surface area contributed by atoms with Crippen LogP contribution < -0.4 is 15.4 Å². The van der Waals surface area contributed by atoms with E-state index in [4.69, 9.17) is 4.74 Å². The number of hydrogen-bond donors (Lipinski definition) is 5. The molecule has 9 nitrogen and oxygen atoms in total. The summed E-state index contributed by atoms with van der Waals surface area (Å²) in [5, 5.41) is 33.9. The second-order valence-corrected chi connectivity index (χ2v) is 7.85. The number of methoxy groups -OCH3 is 1. The van der Waals surface area contributed by atoms with Crippen molar-refractivity contribution in [3.63, 3.8) is 0 Å². The van der Waals surface area contributed by atoms with Gasteiger partial charge in [0, 0.05) is 12.5 Å². The third-order valence-electron chi connectivity index (χ3n) is 5.19. The molecule has 5 N–H and O–H groups in total. The van der Waals surface area contributed by atoms with Crippen molar-refractivity contribution in [3.8, 4) is 11.5 Å². The fraction of sp³-hybridized carbons (Fsp3) is 0.375. The van der Waals surface area contributed by atoms with E-state index in [0.29, 0.717) is 18.6 Å². The maximum atomic E-state index is 12.8. The highest BCUT2D eigenvalue weighted by Crippen LogP contribution is 2.26. The van der Waals surface area contributed by atoms with E-state index in [9.17, 15) is 29.7 Å². The molecule has 2 rings (SSSR count). The predicted octanol–water partition coefficient (Wildman–Crippen LogP) is 1.97. The van der Waals surface area contributed by atoms with Crippen LogP contribution in [0, 0.1) is 0 Å². The van der Waals surface area contributed by atoms with Crippen molar-refractivity contribution in [1.82, 2.24) is 10.6 Å². The molecule has 0 aromatic heterocycles. The van der Waals surface area contributed by atoms with Crippen LogP contribution in [0.15, 0.2) is 48.5 Å². The van der Waals surface area contributed by atoms with Gasteiger partial charge in [-0.05, 0) is 43.0 Å². The van der Waals surface area contributed by atoms with Gasteiger partial charge in [0.2, 0.25) is 5.91 Å². The van der Waals surface area contributed by atoms with Crippen LogP contribution in [0.2, 0.25) is 0 Å². The first kappa shape index (κ1) is 25.7. The number of ether oxygens (including phenoxy) is 1. The molecule has 2 aromatic carbocycles. The van der Waals surface area contributed by atoms with E-state index in [0.717, 1.165) is 11.1 Å². The quantitative estimate of drug-likeness (QED) is 0.306. The van der Waals surface area contributed by atoms with Gasteiger partial charge in [0.05, 0.1) is 19.6 Å². The van der Waals surface area contributed by atoms with Gasteiger partial charge in [-0.3, -0.25) is 9.59 Å². The Kier molecular flexibility index (Phi) is 9.68. The summed E-state index contributed by atoms with van der Waals surface area (Å²) in [6.07, 6.45) is 0.766. The predicted molar refractivity (Wildman–Crippen MR) is 121 cm³/mol. The molecular weight excluding hydrogens is 428 g/mol. The zero-order valence-corrected chi connectivity index (χ0v) is 18.7. The number of phenols is 1. The van der Waals surface area contributed by atoms with Crippen molar-refractivity contribution in [2.75, 3.05) is 7.11 Å². The molecule has 1 amide bonds. The van der Waals surface area contributed by atoms with Gasteiger partial charge in [-0.2, -0.15) is 0 Å². The number of carbonyl (C=O) groups excluding carboxylic acids is 1. The van der Waals surface area contributed by atoms with Gasteiger partial charge in [-0.15, -0.1) is 0 Å². The Morgan fingerprint density at radius 3 is 2.30 bits per heavy atom. The van der Waals surface area contributed by atoms with Crippen LogP contribution in [0.3, 0.4) is 0 Å². The van der Waals surface area contributed by atoms with Crippen LogP contribution in [0.4, 0.5) is 0 Å². The van der Waals surface area contributed by atoms with E-state index < -0.39 is 36.4 Å². The Balaban J connectivity index is 2.00. The van der Waals surface area contributed by atoms with E-state index in [1.807, 2.05) is 6.92 Å². The molecular formula is C24H30N2O7. The van der Waals surface area contributed by atoms with Crippen molar-refractivity contribution in [1.29, 1.82) is 0 Å². The molecule has 0 fully saturated rings. The maximum Gasteiger partial charge on any atom is 0.326 e. The molecule has 1 unspecified atom stereocenters. The number of aliphatic carboxylic acids is 2. The highest BCUT2D eigenvalue weighted by atomic mass is 16.5. The van der Waals surface area contributed by atoms with E-state index in [2.05, 4.69) is 10.6 Å². The molecule has 0 aliphatic rings. The smallest absolute Gasteiger partial charge is 0.326 e. The van der Waals surface area contributed by atoms with E-state index >= 15 is 0 Å². The Labute approximate surface area is 192 Å². The average molecular weight is 459 g/mol. The van der Waals surface area contributed by atoms with Crippen molar-refractivity contribution in [3.05, 3.63) is 59.7 Å². The number of aromatic hydroxyl groups is 1. The van der Waals surface area contributed by atoms with Gasteiger partial charge in [0.1, 0.15) is 6.04 Å². The highest BCUT2D eigenvalue weighted by molar-refractivity contribution is 5.89. The number of carbonyl (C=O) groups is 3. The Hall–Kier alpha value is -3.59. The number of phenolic OH excluding ortho intramolecular Hbond substituents is 1. The Morgan fingerprint density at radius 2 is 1.70 bits per heavy atom. The number of amides is 1. The molecule has 33 heavy (non-hydrogen) atoms. The molecule has 0 radical (unpaired) electrons. The summed E-state index contributed by atoms with van der Waals surface area (Å²) in [7, 11) is 1.46. The summed E-state index contributed by atoms with van der Waals surface area (Å²) < 4.78 is 5.10. The SMILES string of the molecule is COc1cc(CCC(C)N[C@@H](CC(=O)O)C(=O)N[C@@H](Cc2ccccc2)C(=O)O)ccc1O. The minimum atomic E-state index is -1.20. The maximum absolute atomic E-state index is 12.8. The van der Waals surface area contributed by atoms with Crippen LogP contribution in [-0.2, 0) is 27.2 Å². The summed E-state index contributed by atoms with van der Waals surface area (Å²) in [6.45, 7) is 1.82. The van der Waals surface area contributed by atoms with Gasteiger partial charge in [-0.25, -0.2) is 4.79 Å². The van der Waals surface area contributed by atoms with Gasteiger partial charge >= 0.3 is 11.9 Å². The number of hydrogen-bond acceptors (Lipinski definition) is 6. The zero-order valence-electron chi connectivity index (χ0n) is 18.7. The monoisotopic (exact) mass is 458 g/mol. The molecule has 178 valence electrons. The van der Waals surface area contributed by atoms with E-state index in [-0.39, 0.29) is 18.2 Å². The molecule has 0 spiro atoms. The minimum Gasteiger partial charge on any atom is -0.504 e. The molecule has 0 aliphatic carbocycles. The lowest BCUT2D eigenvalue weighted by atomic mass is 10.0. The van der Waals surface area contributed by atoms with Crippen LogP contribution in [0.25, 0.3) is 0 Å². The molecule has 3 atom stereocenters. The van der Waals surface area contributed by atoms with Crippen LogP contribution in [-0.4, -0.2) is 58.4 Å². The van der Waals surface area contributed by atoms with E-state index in [1.54, 1.807) is 42.5 Å². The van der Waals surface area contributed by atoms with Gasteiger partial charge < -0.3 is 30.7 Å². The zero-order chi connectivity index (χ0) is 24.4. The molecule has 0 saturated heterocycles. The molecule has 0 saturated carbocycles. The Morgan fingerprint density at radius 1 is 1.00 bits per heavy atom. The van der Waals surface area contributed by atoms with Crippen LogP contribution in [0.1, 0.15) is 30.9 Å². The number of benzene rings is 2. The first-order valence-corrected chi connectivity index (χ1v) is 10.6. The second kappa shape index (κ2) is 12.4. The first-order valence-electron chi connectivity index (χ1n) is 10.6. The number of aryl methyl sites for hydroxylation is 1. The molecule has 0 aliphatic heterocycles. The Bertz CT molecular complexity index is 949. The molecule has 9 heteroatoms. The summed E-state index contributed by atoms with van der Waals surface area (Å²) in [4.78, 5) is 35.7. The number of carboxylic acid groups (broad SMARTS) is 2. The molecule has 0 bridgehead atoms. The average Bonchev–Trinajstić information content (AvgIpc) is 2.77. The fourth-order valence-electron chi connectivity index (χ4n) is 3.41. The summed E-state index contributed by atoms with van der Waals surface area (Å²) in [6, 6.07) is 11.4. The lowest BCUT2D eigenvalue weighted by molar-refractivity contribution is -0.143. The van der Waals surface area contributed by atoms with Crippen LogP contribution in [0.5, 0.6) is 11.5 Å². The van der Waals surface area contributed by atoms with Crippen molar-refractivity contribution in [2.45, 2.75) is 50.7 Å². The lowest BCUT2D eigenvalue weighted by Crippen LogP contribution is -2.53. The third kappa shape index (κ3) is 8.46. The number of nitrogens with one attached hydrogen (secondary N) is 2. The molecule has 2 aromatic rings. The van der Waals surface area contributed by atoms with Gasteiger partial charge in [0.25, 0.3) is 0 Å². The summed E-state index contributed by atoms with van der Waals surface area (Å²) in [5.74, 6) is -2.66. The number of rotatable bonds is 13. The largest absolute Gasteiger partial charge is 0.504 e.